The van der Waals surface area contributed by atoms with Gasteiger partial charge in [0.25, 0.3) is 0 Å². The smallest absolute Gasteiger partial charge is 0.315 e. The fourth-order valence-electron chi connectivity index (χ4n) is 1.44. The average molecular weight is 317 g/mol. The van der Waals surface area contributed by atoms with E-state index in [9.17, 15) is 8.42 Å². The van der Waals surface area contributed by atoms with Crippen molar-refractivity contribution in [3.8, 4) is 0 Å². The van der Waals surface area contributed by atoms with E-state index >= 15 is 0 Å². The number of aromatic nitrogens is 2. The van der Waals surface area contributed by atoms with Gasteiger partial charge in [-0.1, -0.05) is 17.2 Å². The molecule has 0 fully saturated rings. The van der Waals surface area contributed by atoms with Crippen LogP contribution in [0.25, 0.3) is 0 Å². The van der Waals surface area contributed by atoms with Crippen molar-refractivity contribution in [2.24, 2.45) is 5.14 Å². The van der Waals surface area contributed by atoms with Gasteiger partial charge in [0, 0.05) is 6.54 Å². The Morgan fingerprint density at radius 2 is 2.00 bits per heavy atom. The number of anilines is 1. The SMILES string of the molecule is CC(Cl)c1nnc(NCc2ccc(S(N)(=O)=O)cc2)o1. The van der Waals surface area contributed by atoms with Crippen molar-refractivity contribution in [1.82, 2.24) is 10.2 Å². The number of alkyl halides is 1. The van der Waals surface area contributed by atoms with Gasteiger partial charge in [-0.15, -0.1) is 16.7 Å². The summed E-state index contributed by atoms with van der Waals surface area (Å²) in [6.07, 6.45) is 0. The summed E-state index contributed by atoms with van der Waals surface area (Å²) in [6.45, 7) is 2.13. The number of hydrogen-bond acceptors (Lipinski definition) is 6. The number of hydrogen-bond donors (Lipinski definition) is 2. The van der Waals surface area contributed by atoms with Crippen LogP contribution in [0.2, 0.25) is 0 Å². The average Bonchev–Trinajstić information content (AvgIpc) is 2.85. The van der Waals surface area contributed by atoms with Crippen LogP contribution in [0.5, 0.6) is 0 Å². The van der Waals surface area contributed by atoms with Gasteiger partial charge in [0.15, 0.2) is 0 Å². The maximum atomic E-state index is 11.1. The lowest BCUT2D eigenvalue weighted by Crippen LogP contribution is -2.12. The van der Waals surface area contributed by atoms with E-state index in [0.717, 1.165) is 5.56 Å². The molecule has 7 nitrogen and oxygen atoms in total. The lowest BCUT2D eigenvalue weighted by Gasteiger charge is -2.03. The summed E-state index contributed by atoms with van der Waals surface area (Å²) < 4.78 is 27.5. The second-order valence-electron chi connectivity index (χ2n) is 4.10. The van der Waals surface area contributed by atoms with Crippen LogP contribution in [0.15, 0.2) is 33.6 Å². The number of benzene rings is 1. The molecule has 1 atom stereocenters. The Hall–Kier alpha value is -1.64. The van der Waals surface area contributed by atoms with E-state index in [1.54, 1.807) is 19.1 Å². The lowest BCUT2D eigenvalue weighted by atomic mass is 10.2. The lowest BCUT2D eigenvalue weighted by molar-refractivity contribution is 0.505. The molecule has 0 saturated carbocycles. The highest BCUT2D eigenvalue weighted by Gasteiger charge is 2.11. The molecule has 0 bridgehead atoms. The van der Waals surface area contributed by atoms with Crippen molar-refractivity contribution in [3.05, 3.63) is 35.7 Å². The van der Waals surface area contributed by atoms with Crippen molar-refractivity contribution < 1.29 is 12.8 Å². The highest BCUT2D eigenvalue weighted by Crippen LogP contribution is 2.19. The molecule has 0 spiro atoms. The van der Waals surface area contributed by atoms with Crippen LogP contribution in [-0.4, -0.2) is 18.6 Å². The second kappa shape index (κ2) is 5.78. The molecule has 2 rings (SSSR count). The van der Waals surface area contributed by atoms with Gasteiger partial charge in [-0.2, -0.15) is 0 Å². The van der Waals surface area contributed by atoms with Gasteiger partial charge in [0.2, 0.25) is 15.9 Å². The van der Waals surface area contributed by atoms with Crippen LogP contribution >= 0.6 is 11.6 Å². The molecule has 0 aliphatic carbocycles. The quantitative estimate of drug-likeness (QED) is 0.811. The van der Waals surface area contributed by atoms with Gasteiger partial charge in [-0.3, -0.25) is 0 Å². The van der Waals surface area contributed by atoms with E-state index in [0.29, 0.717) is 12.4 Å². The van der Waals surface area contributed by atoms with E-state index < -0.39 is 10.0 Å². The maximum Gasteiger partial charge on any atom is 0.315 e. The minimum atomic E-state index is -3.67. The molecule has 1 aromatic carbocycles. The molecule has 0 radical (unpaired) electrons. The highest BCUT2D eigenvalue weighted by atomic mass is 35.5. The number of primary sulfonamides is 1. The van der Waals surface area contributed by atoms with Crippen LogP contribution in [-0.2, 0) is 16.6 Å². The third-order valence-corrected chi connectivity index (χ3v) is 3.59. The van der Waals surface area contributed by atoms with Gasteiger partial charge in [0.05, 0.1) is 4.90 Å². The van der Waals surface area contributed by atoms with E-state index in [1.165, 1.54) is 12.1 Å². The van der Waals surface area contributed by atoms with Gasteiger partial charge in [-0.25, -0.2) is 13.6 Å². The summed E-state index contributed by atoms with van der Waals surface area (Å²) in [5, 5.41) is 15.1. The predicted octanol–water partition coefficient (Wildman–Crippen LogP) is 1.63. The van der Waals surface area contributed by atoms with Crippen molar-refractivity contribution in [1.29, 1.82) is 0 Å². The van der Waals surface area contributed by atoms with E-state index in [2.05, 4.69) is 15.5 Å². The fourth-order valence-corrected chi connectivity index (χ4v) is 2.05. The summed E-state index contributed by atoms with van der Waals surface area (Å²) in [7, 11) is -3.67. The molecular weight excluding hydrogens is 304 g/mol. The van der Waals surface area contributed by atoms with Gasteiger partial charge >= 0.3 is 6.01 Å². The molecule has 3 N–H and O–H groups in total. The summed E-state index contributed by atoms with van der Waals surface area (Å²) >= 11 is 5.80. The Labute approximate surface area is 121 Å². The Morgan fingerprint density at radius 1 is 1.35 bits per heavy atom. The topological polar surface area (TPSA) is 111 Å². The van der Waals surface area contributed by atoms with E-state index in [4.69, 9.17) is 21.2 Å². The molecule has 2 aromatic rings. The summed E-state index contributed by atoms with van der Waals surface area (Å²) in [5.74, 6) is 0.332. The van der Waals surface area contributed by atoms with Crippen LogP contribution in [0.1, 0.15) is 23.8 Å². The number of nitrogens with zero attached hydrogens (tertiary/aromatic N) is 2. The Kier molecular flexibility index (Phi) is 4.26. The first-order chi connectivity index (χ1) is 9.36. The van der Waals surface area contributed by atoms with Crippen LogP contribution in [0.4, 0.5) is 6.01 Å². The molecule has 0 saturated heterocycles. The van der Waals surface area contributed by atoms with E-state index in [-0.39, 0.29) is 16.3 Å². The Bertz CT molecular complexity index is 682. The minimum Gasteiger partial charge on any atom is -0.406 e. The molecule has 108 valence electrons. The Balaban J connectivity index is 2.00. The third kappa shape index (κ3) is 3.69. The van der Waals surface area contributed by atoms with Gasteiger partial charge < -0.3 is 9.73 Å². The van der Waals surface area contributed by atoms with Crippen LogP contribution in [0.3, 0.4) is 0 Å². The number of halogens is 1. The number of rotatable bonds is 5. The third-order valence-electron chi connectivity index (χ3n) is 2.48. The Morgan fingerprint density at radius 3 is 2.50 bits per heavy atom. The van der Waals surface area contributed by atoms with Crippen molar-refractivity contribution in [3.63, 3.8) is 0 Å². The minimum absolute atomic E-state index is 0.0669. The molecule has 1 heterocycles. The monoisotopic (exact) mass is 316 g/mol. The molecule has 1 unspecified atom stereocenters. The first kappa shape index (κ1) is 14.8. The van der Waals surface area contributed by atoms with Crippen LogP contribution in [0, 0.1) is 0 Å². The number of nitrogens with one attached hydrogen (secondary N) is 1. The van der Waals surface area contributed by atoms with Crippen molar-refractivity contribution >= 4 is 27.6 Å². The van der Waals surface area contributed by atoms with Gasteiger partial charge in [0.1, 0.15) is 5.38 Å². The standard InChI is InChI=1S/C11H13ClN4O3S/c1-7(12)10-15-16-11(19-10)14-6-8-2-4-9(5-3-8)20(13,17)18/h2-5,7H,6H2,1H3,(H,14,16)(H2,13,17,18). The summed E-state index contributed by atoms with van der Waals surface area (Å²) in [4.78, 5) is 0.0669. The first-order valence-corrected chi connectivity index (χ1v) is 7.67. The van der Waals surface area contributed by atoms with Gasteiger partial charge in [-0.05, 0) is 24.6 Å². The van der Waals surface area contributed by atoms with Crippen molar-refractivity contribution in [2.45, 2.75) is 23.7 Å². The molecular formula is C11H13ClN4O3S. The molecule has 0 aliphatic heterocycles. The number of nitrogens with two attached hydrogens (primary N) is 1. The zero-order valence-corrected chi connectivity index (χ0v) is 12.1. The molecule has 1 aromatic heterocycles. The van der Waals surface area contributed by atoms with Crippen molar-refractivity contribution in [2.75, 3.05) is 5.32 Å². The molecule has 0 aliphatic rings. The zero-order valence-electron chi connectivity index (χ0n) is 10.6. The summed E-state index contributed by atoms with van der Waals surface area (Å²) in [5.41, 5.74) is 0.844. The molecule has 20 heavy (non-hydrogen) atoms. The normalized spacial score (nSPS) is 13.2. The first-order valence-electron chi connectivity index (χ1n) is 5.69. The predicted molar refractivity (Wildman–Crippen MR) is 73.7 cm³/mol. The largest absolute Gasteiger partial charge is 0.406 e. The second-order valence-corrected chi connectivity index (χ2v) is 6.32. The zero-order chi connectivity index (χ0) is 14.8. The van der Waals surface area contributed by atoms with Crippen LogP contribution < -0.4 is 10.5 Å². The van der Waals surface area contributed by atoms with E-state index in [1.807, 2.05) is 0 Å². The fraction of sp³-hybridized carbons (Fsp3) is 0.273. The molecule has 0 amide bonds. The number of sulfonamides is 1. The molecule has 9 heteroatoms. The highest BCUT2D eigenvalue weighted by molar-refractivity contribution is 7.89. The maximum absolute atomic E-state index is 11.1. The summed E-state index contributed by atoms with van der Waals surface area (Å²) in [6, 6.07) is 6.42.